The van der Waals surface area contributed by atoms with E-state index in [9.17, 15) is 4.79 Å². The maximum Gasteiger partial charge on any atom is 0.185 e. The molecule has 0 aromatic carbocycles. The summed E-state index contributed by atoms with van der Waals surface area (Å²) in [6.45, 7) is 1.58. The fourth-order valence-corrected chi connectivity index (χ4v) is 1.87. The monoisotopic (exact) mass is 169 g/mol. The molecule has 0 spiro atoms. The number of rotatable bonds is 3. The fraction of sp³-hybridized carbons (Fsp3) is 0.750. The van der Waals surface area contributed by atoms with E-state index in [0.29, 0.717) is 6.42 Å². The van der Waals surface area contributed by atoms with E-state index in [2.05, 4.69) is 6.07 Å². The standard InChI is InChI=1S/C8H11NOS/c1-7(10)11-6-8(2-3-8)4-5-9/h2-4,6H2,1H3. The molecule has 0 radical (unpaired) electrons. The molecule has 1 saturated carbocycles. The van der Waals surface area contributed by atoms with Gasteiger partial charge in [0.05, 0.1) is 6.07 Å². The normalized spacial score (nSPS) is 18.9. The van der Waals surface area contributed by atoms with Crippen molar-refractivity contribution in [2.75, 3.05) is 5.75 Å². The molecule has 2 nitrogen and oxygen atoms in total. The second-order valence-electron chi connectivity index (χ2n) is 3.12. The molecule has 0 aliphatic heterocycles. The third-order valence-corrected chi connectivity index (χ3v) is 3.16. The molecule has 3 heteroatoms. The molecule has 1 rings (SSSR count). The molecule has 0 atom stereocenters. The van der Waals surface area contributed by atoms with Gasteiger partial charge in [-0.05, 0) is 18.3 Å². The molecule has 0 aromatic heterocycles. The summed E-state index contributed by atoms with van der Waals surface area (Å²) in [5, 5.41) is 8.62. The van der Waals surface area contributed by atoms with E-state index in [1.54, 1.807) is 6.92 Å². The lowest BCUT2D eigenvalue weighted by Crippen LogP contribution is -2.03. The van der Waals surface area contributed by atoms with Crippen LogP contribution >= 0.6 is 11.8 Å². The Hall–Kier alpha value is -0.490. The largest absolute Gasteiger partial charge is 0.288 e. The Bertz CT molecular complexity index is 203. The van der Waals surface area contributed by atoms with Gasteiger partial charge in [0.2, 0.25) is 0 Å². The Morgan fingerprint density at radius 2 is 2.36 bits per heavy atom. The van der Waals surface area contributed by atoms with E-state index in [-0.39, 0.29) is 10.5 Å². The Morgan fingerprint density at radius 1 is 1.73 bits per heavy atom. The second kappa shape index (κ2) is 3.27. The van der Waals surface area contributed by atoms with Crippen LogP contribution in [0.2, 0.25) is 0 Å². The van der Waals surface area contributed by atoms with Crippen LogP contribution in [0.4, 0.5) is 0 Å². The van der Waals surface area contributed by atoms with Gasteiger partial charge in [-0.15, -0.1) is 0 Å². The van der Waals surface area contributed by atoms with Gasteiger partial charge in [-0.1, -0.05) is 11.8 Å². The zero-order valence-corrected chi connectivity index (χ0v) is 7.41. The molecule has 0 amide bonds. The molecule has 60 valence electrons. The summed E-state index contributed by atoms with van der Waals surface area (Å²) in [6.07, 6.45) is 2.87. The first kappa shape index (κ1) is 8.61. The average molecular weight is 169 g/mol. The van der Waals surface area contributed by atoms with Crippen molar-refractivity contribution in [1.82, 2.24) is 0 Å². The minimum atomic E-state index is 0.161. The molecule has 0 aromatic rings. The van der Waals surface area contributed by atoms with Crippen LogP contribution in [-0.2, 0) is 4.79 Å². The van der Waals surface area contributed by atoms with Gasteiger partial charge < -0.3 is 0 Å². The van der Waals surface area contributed by atoms with Crippen LogP contribution in [-0.4, -0.2) is 10.9 Å². The highest BCUT2D eigenvalue weighted by molar-refractivity contribution is 8.13. The number of nitriles is 1. The van der Waals surface area contributed by atoms with E-state index in [4.69, 9.17) is 5.26 Å². The van der Waals surface area contributed by atoms with Crippen molar-refractivity contribution in [2.24, 2.45) is 5.41 Å². The summed E-state index contributed by atoms with van der Waals surface area (Å²) in [5.74, 6) is 0.843. The first-order valence-corrected chi connectivity index (χ1v) is 4.67. The van der Waals surface area contributed by atoms with Crippen molar-refractivity contribution < 1.29 is 4.79 Å². The topological polar surface area (TPSA) is 40.9 Å². The number of carbonyl (C=O) groups is 1. The smallest absolute Gasteiger partial charge is 0.185 e. The minimum absolute atomic E-state index is 0.161. The van der Waals surface area contributed by atoms with Gasteiger partial charge in [0.15, 0.2) is 5.12 Å². The van der Waals surface area contributed by atoms with Crippen molar-refractivity contribution in [3.05, 3.63) is 0 Å². The van der Waals surface area contributed by atoms with Gasteiger partial charge >= 0.3 is 0 Å². The van der Waals surface area contributed by atoms with E-state index in [1.165, 1.54) is 11.8 Å². The van der Waals surface area contributed by atoms with Crippen LogP contribution in [0.3, 0.4) is 0 Å². The van der Waals surface area contributed by atoms with E-state index in [0.717, 1.165) is 18.6 Å². The number of carbonyl (C=O) groups excluding carboxylic acids is 1. The van der Waals surface area contributed by atoms with Gasteiger partial charge in [0.1, 0.15) is 0 Å². The van der Waals surface area contributed by atoms with E-state index < -0.39 is 0 Å². The van der Waals surface area contributed by atoms with Crippen molar-refractivity contribution in [3.63, 3.8) is 0 Å². The maximum absolute atomic E-state index is 10.6. The summed E-state index contributed by atoms with van der Waals surface area (Å²) < 4.78 is 0. The van der Waals surface area contributed by atoms with Crippen LogP contribution in [0.1, 0.15) is 26.2 Å². The van der Waals surface area contributed by atoms with Crippen LogP contribution in [0.25, 0.3) is 0 Å². The molecule has 1 aliphatic carbocycles. The summed E-state index contributed by atoms with van der Waals surface area (Å²) >= 11 is 1.35. The van der Waals surface area contributed by atoms with Gasteiger partial charge in [0.25, 0.3) is 0 Å². The lowest BCUT2D eigenvalue weighted by molar-refractivity contribution is -0.109. The highest BCUT2D eigenvalue weighted by Gasteiger charge is 2.42. The SMILES string of the molecule is CC(=O)SCC1(CC#N)CC1. The summed E-state index contributed by atoms with van der Waals surface area (Å²) in [5.41, 5.74) is 0.213. The average Bonchev–Trinajstić information content (AvgIpc) is 2.67. The predicted octanol–water partition coefficient (Wildman–Crippen LogP) is 1.96. The number of hydrogen-bond donors (Lipinski definition) is 0. The van der Waals surface area contributed by atoms with Crippen molar-refractivity contribution in [2.45, 2.75) is 26.2 Å². The van der Waals surface area contributed by atoms with Gasteiger partial charge in [-0.25, -0.2) is 0 Å². The third-order valence-electron chi connectivity index (χ3n) is 1.99. The van der Waals surface area contributed by atoms with Crippen LogP contribution in [0, 0.1) is 16.7 Å². The molecule has 0 unspecified atom stereocenters. The summed E-state index contributed by atoms with van der Waals surface area (Å²) in [6, 6.07) is 2.17. The molecule has 0 heterocycles. The highest BCUT2D eigenvalue weighted by atomic mass is 32.2. The Kier molecular flexibility index (Phi) is 2.56. The molecule has 0 saturated heterocycles. The third kappa shape index (κ3) is 2.55. The lowest BCUT2D eigenvalue weighted by Gasteiger charge is -2.06. The zero-order valence-electron chi connectivity index (χ0n) is 6.59. The van der Waals surface area contributed by atoms with Crippen LogP contribution in [0.5, 0.6) is 0 Å². The Balaban J connectivity index is 2.26. The quantitative estimate of drug-likeness (QED) is 0.648. The molecular weight excluding hydrogens is 158 g/mol. The first-order chi connectivity index (χ1) is 5.18. The van der Waals surface area contributed by atoms with Gasteiger partial charge in [-0.3, -0.25) is 4.79 Å². The first-order valence-electron chi connectivity index (χ1n) is 3.69. The molecule has 0 bridgehead atoms. The van der Waals surface area contributed by atoms with Crippen LogP contribution < -0.4 is 0 Å². The van der Waals surface area contributed by atoms with Gasteiger partial charge in [0, 0.05) is 19.1 Å². The zero-order chi connectivity index (χ0) is 8.32. The maximum atomic E-state index is 10.6. The predicted molar refractivity (Wildman–Crippen MR) is 45.0 cm³/mol. The highest BCUT2D eigenvalue weighted by Crippen LogP contribution is 2.50. The number of hydrogen-bond acceptors (Lipinski definition) is 3. The Morgan fingerprint density at radius 3 is 2.73 bits per heavy atom. The van der Waals surface area contributed by atoms with Crippen molar-refractivity contribution >= 4 is 16.9 Å². The molecule has 0 N–H and O–H groups in total. The summed E-state index contributed by atoms with van der Waals surface area (Å²) in [7, 11) is 0. The summed E-state index contributed by atoms with van der Waals surface area (Å²) in [4.78, 5) is 10.6. The molecule has 11 heavy (non-hydrogen) atoms. The van der Waals surface area contributed by atoms with Crippen molar-refractivity contribution in [1.29, 1.82) is 5.26 Å². The Labute approximate surface area is 71.0 Å². The van der Waals surface area contributed by atoms with Crippen LogP contribution in [0.15, 0.2) is 0 Å². The van der Waals surface area contributed by atoms with Gasteiger partial charge in [-0.2, -0.15) is 5.26 Å². The fourth-order valence-electron chi connectivity index (χ4n) is 0.971. The second-order valence-corrected chi connectivity index (χ2v) is 4.27. The molecular formula is C8H11NOS. The van der Waals surface area contributed by atoms with E-state index >= 15 is 0 Å². The number of thioether (sulfide) groups is 1. The molecule has 1 aliphatic rings. The minimum Gasteiger partial charge on any atom is -0.288 e. The molecule has 1 fully saturated rings. The van der Waals surface area contributed by atoms with E-state index in [1.807, 2.05) is 0 Å². The van der Waals surface area contributed by atoms with Crippen molar-refractivity contribution in [3.8, 4) is 6.07 Å². The number of nitrogens with zero attached hydrogens (tertiary/aromatic N) is 1. The lowest BCUT2D eigenvalue weighted by atomic mass is 10.1.